The molecule has 1 fully saturated rings. The Morgan fingerprint density at radius 1 is 1.14 bits per heavy atom. The second-order valence-electron chi connectivity index (χ2n) is 4.62. The standard InChI is InChI=1S/C10H15N3O6S2/c1-20(16,17)12-2-4-13(5-3-12)21(18,19)8-6-9(10(14)15)11-7-8/h6-7,11H,2-5H2,1H3,(H,14,15). The number of carboxylic acids is 1. The summed E-state index contributed by atoms with van der Waals surface area (Å²) in [5.74, 6) is -1.25. The Kier molecular flexibility index (Phi) is 4.10. The molecule has 11 heteroatoms. The van der Waals surface area contributed by atoms with Crippen molar-refractivity contribution in [2.75, 3.05) is 32.4 Å². The van der Waals surface area contributed by atoms with Crippen molar-refractivity contribution < 1.29 is 26.7 Å². The Bertz CT molecular complexity index is 744. The molecule has 0 saturated carbocycles. The molecule has 0 atom stereocenters. The predicted octanol–water partition coefficient (Wildman–Crippen LogP) is -1.02. The van der Waals surface area contributed by atoms with E-state index in [0.29, 0.717) is 0 Å². The van der Waals surface area contributed by atoms with E-state index in [-0.39, 0.29) is 36.8 Å². The molecule has 0 unspecified atom stereocenters. The number of carboxylic acid groups (broad SMARTS) is 1. The van der Waals surface area contributed by atoms with Gasteiger partial charge in [-0.1, -0.05) is 0 Å². The zero-order valence-electron chi connectivity index (χ0n) is 11.2. The summed E-state index contributed by atoms with van der Waals surface area (Å²) < 4.78 is 49.8. The van der Waals surface area contributed by atoms with Gasteiger partial charge in [-0.2, -0.15) is 8.61 Å². The van der Waals surface area contributed by atoms with Crippen molar-refractivity contribution >= 4 is 26.0 Å². The molecule has 1 aromatic rings. The van der Waals surface area contributed by atoms with Crippen molar-refractivity contribution in [1.29, 1.82) is 0 Å². The molecule has 0 aromatic carbocycles. The van der Waals surface area contributed by atoms with Crippen LogP contribution in [0.1, 0.15) is 10.5 Å². The van der Waals surface area contributed by atoms with Gasteiger partial charge < -0.3 is 10.1 Å². The average molecular weight is 337 g/mol. The smallest absolute Gasteiger partial charge is 0.352 e. The lowest BCUT2D eigenvalue weighted by atomic mass is 10.4. The van der Waals surface area contributed by atoms with Crippen molar-refractivity contribution in [3.05, 3.63) is 18.0 Å². The van der Waals surface area contributed by atoms with Crippen LogP contribution in [0.4, 0.5) is 0 Å². The summed E-state index contributed by atoms with van der Waals surface area (Å²) in [6, 6.07) is 1.04. The van der Waals surface area contributed by atoms with Gasteiger partial charge in [-0.05, 0) is 6.07 Å². The second-order valence-corrected chi connectivity index (χ2v) is 8.54. The van der Waals surface area contributed by atoms with Crippen LogP contribution in [-0.4, -0.2) is 73.9 Å². The van der Waals surface area contributed by atoms with E-state index in [9.17, 15) is 21.6 Å². The zero-order chi connectivity index (χ0) is 15.8. The van der Waals surface area contributed by atoms with Crippen LogP contribution >= 0.6 is 0 Å². The van der Waals surface area contributed by atoms with Gasteiger partial charge in [-0.3, -0.25) is 0 Å². The van der Waals surface area contributed by atoms with E-state index in [1.807, 2.05) is 0 Å². The molecule has 118 valence electrons. The van der Waals surface area contributed by atoms with Crippen LogP contribution < -0.4 is 0 Å². The maximum Gasteiger partial charge on any atom is 0.352 e. The summed E-state index contributed by atoms with van der Waals surface area (Å²) in [5.41, 5.74) is -0.219. The number of aromatic carboxylic acids is 1. The fourth-order valence-corrected chi connectivity index (χ4v) is 4.28. The monoisotopic (exact) mass is 337 g/mol. The van der Waals surface area contributed by atoms with E-state index < -0.39 is 26.0 Å². The first kappa shape index (κ1) is 15.9. The lowest BCUT2D eigenvalue weighted by Crippen LogP contribution is -2.50. The van der Waals surface area contributed by atoms with Crippen LogP contribution in [0.15, 0.2) is 17.2 Å². The van der Waals surface area contributed by atoms with Gasteiger partial charge in [-0.25, -0.2) is 21.6 Å². The van der Waals surface area contributed by atoms with Crippen molar-refractivity contribution in [3.8, 4) is 0 Å². The highest BCUT2D eigenvalue weighted by atomic mass is 32.2. The molecule has 2 N–H and O–H groups in total. The minimum atomic E-state index is -3.83. The number of piperazine rings is 1. The van der Waals surface area contributed by atoms with Gasteiger partial charge in [0.25, 0.3) is 0 Å². The first-order valence-corrected chi connectivity index (χ1v) is 9.28. The number of hydrogen-bond acceptors (Lipinski definition) is 5. The first-order chi connectivity index (χ1) is 9.62. The number of aromatic nitrogens is 1. The number of sulfonamides is 2. The summed E-state index contributed by atoms with van der Waals surface area (Å²) in [6.07, 6.45) is 2.18. The van der Waals surface area contributed by atoms with Gasteiger partial charge in [0.2, 0.25) is 20.0 Å². The van der Waals surface area contributed by atoms with Gasteiger partial charge in [-0.15, -0.1) is 0 Å². The molecule has 2 heterocycles. The summed E-state index contributed by atoms with van der Waals surface area (Å²) >= 11 is 0. The fraction of sp³-hybridized carbons (Fsp3) is 0.500. The van der Waals surface area contributed by atoms with Crippen molar-refractivity contribution in [3.63, 3.8) is 0 Å². The molecule has 0 bridgehead atoms. The molecule has 2 rings (SSSR count). The zero-order valence-corrected chi connectivity index (χ0v) is 12.8. The maximum absolute atomic E-state index is 12.3. The fourth-order valence-electron chi connectivity index (χ4n) is 2.04. The van der Waals surface area contributed by atoms with Gasteiger partial charge >= 0.3 is 5.97 Å². The average Bonchev–Trinajstić information content (AvgIpc) is 2.88. The third kappa shape index (κ3) is 3.26. The van der Waals surface area contributed by atoms with Crippen LogP contribution in [0, 0.1) is 0 Å². The van der Waals surface area contributed by atoms with Crippen LogP contribution in [0.5, 0.6) is 0 Å². The van der Waals surface area contributed by atoms with Gasteiger partial charge in [0.05, 0.1) is 6.26 Å². The number of nitrogens with one attached hydrogen (secondary N) is 1. The number of nitrogens with zero attached hydrogens (tertiary/aromatic N) is 2. The highest BCUT2D eigenvalue weighted by molar-refractivity contribution is 7.89. The largest absolute Gasteiger partial charge is 0.477 e. The van der Waals surface area contributed by atoms with E-state index in [2.05, 4.69) is 4.98 Å². The molecule has 0 aliphatic carbocycles. The van der Waals surface area contributed by atoms with E-state index in [1.54, 1.807) is 0 Å². The predicted molar refractivity (Wildman–Crippen MR) is 72.9 cm³/mol. The third-order valence-corrected chi connectivity index (χ3v) is 6.37. The van der Waals surface area contributed by atoms with Crippen LogP contribution in [0.2, 0.25) is 0 Å². The minimum Gasteiger partial charge on any atom is -0.477 e. The molecule has 1 saturated heterocycles. The Balaban J connectivity index is 2.16. The highest BCUT2D eigenvalue weighted by Gasteiger charge is 2.32. The second kappa shape index (κ2) is 5.40. The van der Waals surface area contributed by atoms with Crippen molar-refractivity contribution in [1.82, 2.24) is 13.6 Å². The van der Waals surface area contributed by atoms with Gasteiger partial charge in [0.1, 0.15) is 10.6 Å². The van der Waals surface area contributed by atoms with E-state index in [1.165, 1.54) is 4.31 Å². The van der Waals surface area contributed by atoms with Crippen LogP contribution in [-0.2, 0) is 20.0 Å². The highest BCUT2D eigenvalue weighted by Crippen LogP contribution is 2.19. The lowest BCUT2D eigenvalue weighted by molar-refractivity contribution is 0.0691. The Labute approximate surface area is 122 Å². The molecule has 0 amide bonds. The summed E-state index contributed by atoms with van der Waals surface area (Å²) in [6.45, 7) is 0.217. The molecule has 0 spiro atoms. The number of H-pyrrole nitrogens is 1. The topological polar surface area (TPSA) is 128 Å². The molecular weight excluding hydrogens is 322 g/mol. The molecular formula is C10H15N3O6S2. The number of carbonyl (C=O) groups is 1. The van der Waals surface area contributed by atoms with Crippen molar-refractivity contribution in [2.45, 2.75) is 4.90 Å². The molecule has 0 radical (unpaired) electrons. The maximum atomic E-state index is 12.3. The Morgan fingerprint density at radius 3 is 2.10 bits per heavy atom. The van der Waals surface area contributed by atoms with Crippen LogP contribution in [0.25, 0.3) is 0 Å². The Morgan fingerprint density at radius 2 is 1.67 bits per heavy atom. The number of aromatic amines is 1. The SMILES string of the molecule is CS(=O)(=O)N1CCN(S(=O)(=O)c2c[nH]c(C(=O)O)c2)CC1. The minimum absolute atomic E-state index is 0.0307. The molecule has 9 nitrogen and oxygen atoms in total. The van der Waals surface area contributed by atoms with Gasteiger partial charge in [0.15, 0.2) is 0 Å². The third-order valence-electron chi connectivity index (χ3n) is 3.19. The number of hydrogen-bond donors (Lipinski definition) is 2. The summed E-state index contributed by atoms with van der Waals surface area (Å²) in [5, 5.41) is 8.79. The lowest BCUT2D eigenvalue weighted by Gasteiger charge is -2.32. The Hall–Kier alpha value is -1.43. The molecule has 1 aromatic heterocycles. The molecule has 1 aliphatic rings. The van der Waals surface area contributed by atoms with Gasteiger partial charge in [0, 0.05) is 32.4 Å². The summed E-state index contributed by atoms with van der Waals surface area (Å²) in [7, 11) is -7.16. The molecule has 1 aliphatic heterocycles. The van der Waals surface area contributed by atoms with E-state index in [0.717, 1.165) is 22.8 Å². The summed E-state index contributed by atoms with van der Waals surface area (Å²) in [4.78, 5) is 13.0. The number of rotatable bonds is 4. The normalized spacial score (nSPS) is 18.7. The van der Waals surface area contributed by atoms with Crippen LogP contribution in [0.3, 0.4) is 0 Å². The van der Waals surface area contributed by atoms with Crippen molar-refractivity contribution in [2.24, 2.45) is 0 Å². The van der Waals surface area contributed by atoms with E-state index >= 15 is 0 Å². The first-order valence-electron chi connectivity index (χ1n) is 5.99. The molecule has 21 heavy (non-hydrogen) atoms. The quantitative estimate of drug-likeness (QED) is 0.724. The van der Waals surface area contributed by atoms with E-state index in [4.69, 9.17) is 5.11 Å².